The zero-order chi connectivity index (χ0) is 8.27. The highest BCUT2D eigenvalue weighted by Gasteiger charge is 2.07. The topological polar surface area (TPSA) is 44.1 Å². The molecule has 57 valence electrons. The number of benzene rings is 1. The quantitative estimate of drug-likeness (QED) is 0.594. The van der Waals surface area contributed by atoms with Crippen molar-refractivity contribution in [3.63, 3.8) is 0 Å². The fraction of sp³-hybridized carbons (Fsp3) is 0. The van der Waals surface area contributed by atoms with Crippen LogP contribution in [0.3, 0.4) is 0 Å². The Kier molecular flexibility index (Phi) is 2.33. The summed E-state index contributed by atoms with van der Waals surface area (Å²) in [5.41, 5.74) is 7.18. The van der Waals surface area contributed by atoms with Gasteiger partial charge in [-0.2, -0.15) is 0 Å². The fourth-order valence-corrected chi connectivity index (χ4v) is 0.789. The molecule has 0 bridgehead atoms. The van der Waals surface area contributed by atoms with E-state index in [0.717, 1.165) is 4.42 Å². The summed E-state index contributed by atoms with van der Waals surface area (Å²) in [6.07, 6.45) is 0. The highest BCUT2D eigenvalue weighted by atomic mass is 35.5. The van der Waals surface area contributed by atoms with Gasteiger partial charge in [-0.25, -0.2) is 14.9 Å². The van der Waals surface area contributed by atoms with Crippen molar-refractivity contribution in [1.29, 1.82) is 0 Å². The SMILES string of the molecule is [NH]C(=O)N(Cl)c1ccccc1. The Morgan fingerprint density at radius 3 is 2.36 bits per heavy atom. The summed E-state index contributed by atoms with van der Waals surface area (Å²) in [6.45, 7) is 0. The van der Waals surface area contributed by atoms with Gasteiger partial charge in [-0.1, -0.05) is 18.2 Å². The normalized spacial score (nSPS) is 9.18. The van der Waals surface area contributed by atoms with Crippen LogP contribution in [0.25, 0.3) is 0 Å². The lowest BCUT2D eigenvalue weighted by Gasteiger charge is -2.08. The molecule has 0 aromatic heterocycles. The Morgan fingerprint density at radius 1 is 1.36 bits per heavy atom. The van der Waals surface area contributed by atoms with Crippen LogP contribution in [-0.4, -0.2) is 6.03 Å². The molecule has 0 heterocycles. The minimum Gasteiger partial charge on any atom is -0.246 e. The fourth-order valence-electron chi connectivity index (χ4n) is 0.676. The van der Waals surface area contributed by atoms with E-state index in [1.165, 1.54) is 0 Å². The number of anilines is 1. The average molecular weight is 170 g/mol. The minimum absolute atomic E-state index is 0.508. The highest BCUT2D eigenvalue weighted by molar-refractivity contribution is 6.35. The van der Waals surface area contributed by atoms with Gasteiger partial charge in [0.1, 0.15) is 0 Å². The van der Waals surface area contributed by atoms with Crippen molar-refractivity contribution < 1.29 is 4.79 Å². The van der Waals surface area contributed by atoms with Gasteiger partial charge >= 0.3 is 6.03 Å². The van der Waals surface area contributed by atoms with Gasteiger partial charge in [-0.05, 0) is 12.1 Å². The Morgan fingerprint density at radius 2 is 1.91 bits per heavy atom. The van der Waals surface area contributed by atoms with Gasteiger partial charge in [0.15, 0.2) is 0 Å². The van der Waals surface area contributed by atoms with Crippen molar-refractivity contribution in [3.05, 3.63) is 30.3 Å². The highest BCUT2D eigenvalue weighted by Crippen LogP contribution is 2.14. The molecular weight excluding hydrogens is 164 g/mol. The van der Waals surface area contributed by atoms with E-state index in [1.807, 2.05) is 6.07 Å². The molecule has 0 spiro atoms. The zero-order valence-electron chi connectivity index (χ0n) is 5.62. The van der Waals surface area contributed by atoms with E-state index < -0.39 is 6.03 Å². The molecule has 1 rings (SSSR count). The molecular formula is C7H6ClN2O. The number of amides is 2. The minimum atomic E-state index is -0.933. The molecule has 0 aliphatic carbocycles. The van der Waals surface area contributed by atoms with Gasteiger partial charge in [-0.3, -0.25) is 0 Å². The van der Waals surface area contributed by atoms with Crippen LogP contribution in [-0.2, 0) is 0 Å². The Bertz CT molecular complexity index is 250. The van der Waals surface area contributed by atoms with E-state index in [1.54, 1.807) is 24.3 Å². The first-order valence-corrected chi connectivity index (χ1v) is 3.32. The Labute approximate surface area is 69.5 Å². The number of urea groups is 1. The lowest BCUT2D eigenvalue weighted by molar-refractivity contribution is 0.256. The van der Waals surface area contributed by atoms with E-state index in [-0.39, 0.29) is 0 Å². The number of carbonyl (C=O) groups excluding carboxylic acids is 1. The Hall–Kier alpha value is -1.22. The number of nitrogens with zero attached hydrogens (tertiary/aromatic N) is 1. The monoisotopic (exact) mass is 169 g/mol. The summed E-state index contributed by atoms with van der Waals surface area (Å²) < 4.78 is 0.750. The molecule has 0 saturated heterocycles. The molecule has 2 amide bonds. The second-order valence-electron chi connectivity index (χ2n) is 1.92. The summed E-state index contributed by atoms with van der Waals surface area (Å²) in [7, 11) is 0. The summed E-state index contributed by atoms with van der Waals surface area (Å²) in [5, 5.41) is 0. The first-order valence-electron chi connectivity index (χ1n) is 2.98. The molecule has 0 aliphatic heterocycles. The van der Waals surface area contributed by atoms with Crippen LogP contribution < -0.4 is 10.2 Å². The first kappa shape index (κ1) is 7.88. The maximum atomic E-state index is 10.4. The number of hydrogen-bond acceptors (Lipinski definition) is 1. The first-order chi connectivity index (χ1) is 5.22. The van der Waals surface area contributed by atoms with Crippen molar-refractivity contribution in [1.82, 2.24) is 5.73 Å². The van der Waals surface area contributed by atoms with Crippen LogP contribution in [0, 0.1) is 0 Å². The summed E-state index contributed by atoms with van der Waals surface area (Å²) >= 11 is 5.44. The van der Waals surface area contributed by atoms with E-state index in [9.17, 15) is 4.79 Å². The number of nitrogens with one attached hydrogen (secondary N) is 1. The molecule has 1 radical (unpaired) electrons. The molecule has 11 heavy (non-hydrogen) atoms. The van der Waals surface area contributed by atoms with Crippen molar-refractivity contribution in [2.24, 2.45) is 0 Å². The molecule has 0 aliphatic rings. The average Bonchev–Trinajstić information content (AvgIpc) is 2.05. The number of rotatable bonds is 1. The molecule has 3 nitrogen and oxygen atoms in total. The molecule has 1 aromatic rings. The third-order valence-electron chi connectivity index (χ3n) is 1.16. The molecule has 0 saturated carbocycles. The van der Waals surface area contributed by atoms with Crippen LogP contribution in [0.5, 0.6) is 0 Å². The third-order valence-corrected chi connectivity index (χ3v) is 1.51. The van der Waals surface area contributed by atoms with Gasteiger partial charge in [-0.15, -0.1) is 0 Å². The molecule has 0 atom stereocenters. The largest absolute Gasteiger partial charge is 0.355 e. The number of hydrogen-bond donors (Lipinski definition) is 0. The van der Waals surface area contributed by atoms with Crippen LogP contribution in [0.4, 0.5) is 10.5 Å². The van der Waals surface area contributed by atoms with Gasteiger partial charge < -0.3 is 0 Å². The van der Waals surface area contributed by atoms with Crippen LogP contribution in [0.15, 0.2) is 30.3 Å². The number of para-hydroxylation sites is 1. The number of carbonyl (C=O) groups is 1. The van der Waals surface area contributed by atoms with Gasteiger partial charge in [0.2, 0.25) is 0 Å². The molecule has 1 N–H and O–H groups in total. The van der Waals surface area contributed by atoms with Gasteiger partial charge in [0.25, 0.3) is 0 Å². The third kappa shape index (κ3) is 1.85. The van der Waals surface area contributed by atoms with Crippen LogP contribution in [0.2, 0.25) is 0 Å². The molecule has 4 heteroatoms. The van der Waals surface area contributed by atoms with E-state index in [2.05, 4.69) is 0 Å². The summed E-state index contributed by atoms with van der Waals surface area (Å²) in [4.78, 5) is 10.4. The second-order valence-corrected chi connectivity index (χ2v) is 2.26. The lowest BCUT2D eigenvalue weighted by Crippen LogP contribution is -2.18. The summed E-state index contributed by atoms with van der Waals surface area (Å²) in [6, 6.07) is 7.67. The Balaban J connectivity index is 2.85. The van der Waals surface area contributed by atoms with Crippen molar-refractivity contribution in [2.45, 2.75) is 0 Å². The molecule has 0 unspecified atom stereocenters. The van der Waals surface area contributed by atoms with Gasteiger partial charge in [0.05, 0.1) is 5.69 Å². The van der Waals surface area contributed by atoms with E-state index >= 15 is 0 Å². The van der Waals surface area contributed by atoms with Crippen LogP contribution >= 0.6 is 11.8 Å². The number of halogens is 1. The summed E-state index contributed by atoms with van der Waals surface area (Å²) in [5.74, 6) is 0. The molecule has 1 aromatic carbocycles. The lowest BCUT2D eigenvalue weighted by atomic mass is 10.3. The standard InChI is InChI=1S/C7H6ClN2O/c8-10(7(9)11)6-4-2-1-3-5-6/h1-5,9H. The maximum absolute atomic E-state index is 10.4. The van der Waals surface area contributed by atoms with Crippen molar-refractivity contribution in [2.75, 3.05) is 4.42 Å². The zero-order valence-corrected chi connectivity index (χ0v) is 6.38. The van der Waals surface area contributed by atoms with Crippen LogP contribution in [0.1, 0.15) is 0 Å². The van der Waals surface area contributed by atoms with Gasteiger partial charge in [0, 0.05) is 11.8 Å². The van der Waals surface area contributed by atoms with Crippen molar-refractivity contribution >= 4 is 23.5 Å². The predicted molar refractivity (Wildman–Crippen MR) is 43.3 cm³/mol. The van der Waals surface area contributed by atoms with E-state index in [0.29, 0.717) is 5.69 Å². The predicted octanol–water partition coefficient (Wildman–Crippen LogP) is 2.05. The van der Waals surface area contributed by atoms with E-state index in [4.69, 9.17) is 17.5 Å². The maximum Gasteiger partial charge on any atom is 0.355 e. The molecule has 0 fully saturated rings. The smallest absolute Gasteiger partial charge is 0.246 e. The van der Waals surface area contributed by atoms with Crippen molar-refractivity contribution in [3.8, 4) is 0 Å². The second kappa shape index (κ2) is 3.25.